The molecule has 1 saturated heterocycles. The van der Waals surface area contributed by atoms with Crippen LogP contribution in [0.4, 0.5) is 5.69 Å². The number of fused-ring (bicyclic) bond motifs is 3. The number of ether oxygens (including phenoxy) is 1. The van der Waals surface area contributed by atoms with Crippen LogP contribution in [-0.4, -0.2) is 56.2 Å². The van der Waals surface area contributed by atoms with Gasteiger partial charge in [-0.05, 0) is 63.7 Å². The van der Waals surface area contributed by atoms with Gasteiger partial charge in [0.15, 0.2) is 0 Å². The molecule has 2 aliphatic rings. The monoisotopic (exact) mass is 433 g/mol. The fourth-order valence-corrected chi connectivity index (χ4v) is 5.15. The Labute approximate surface area is 194 Å². The minimum atomic E-state index is 0.113. The summed E-state index contributed by atoms with van der Waals surface area (Å²) < 4.78 is 6.92. The Morgan fingerprint density at radius 1 is 1.09 bits per heavy atom. The Kier molecular flexibility index (Phi) is 7.34. The molecule has 2 aromatic rings. The zero-order valence-electron chi connectivity index (χ0n) is 20.2. The Hall–Kier alpha value is -2.14. The highest BCUT2D eigenvalue weighted by atomic mass is 16.5. The van der Waals surface area contributed by atoms with Crippen LogP contribution >= 0.6 is 0 Å². The lowest BCUT2D eigenvalue weighted by molar-refractivity contribution is -0.102. The fraction of sp³-hybridized carbons (Fsp3) is 0.500. The molecule has 1 N–H and O–H groups in total. The lowest BCUT2D eigenvalue weighted by atomic mass is 9.76. The summed E-state index contributed by atoms with van der Waals surface area (Å²) in [4.78, 5) is 4.79. The zero-order valence-corrected chi connectivity index (χ0v) is 20.2. The molecule has 0 bridgehead atoms. The molecule has 0 aromatic heterocycles. The van der Waals surface area contributed by atoms with Crippen molar-refractivity contribution in [2.45, 2.75) is 44.9 Å². The molecule has 4 rings (SSSR count). The summed E-state index contributed by atoms with van der Waals surface area (Å²) in [5.41, 5.74) is 6.15. The van der Waals surface area contributed by atoms with Crippen LogP contribution in [0.1, 0.15) is 55.5 Å². The van der Waals surface area contributed by atoms with Crippen molar-refractivity contribution >= 4 is 11.3 Å². The van der Waals surface area contributed by atoms with E-state index in [2.05, 4.69) is 98.2 Å². The average molecular weight is 434 g/mol. The zero-order chi connectivity index (χ0) is 22.7. The standard InChI is InChI=1S/C28H39N3O/c1-6-31(17-16-30(4)5)19-23-13-14-24-27(21-10-8-7-9-11-21)29-26-15-12-22(20(2)3)18-25(26)28(24)32-23/h7-12,15,18,23-24,27-29H,2,6,13-14,16-17,19H2,1,3-5H3/t23?,24-,27-,28-/m0/s1. The van der Waals surface area contributed by atoms with E-state index >= 15 is 0 Å². The van der Waals surface area contributed by atoms with Crippen LogP contribution in [0.5, 0.6) is 0 Å². The van der Waals surface area contributed by atoms with Crippen LogP contribution in [0.2, 0.25) is 0 Å². The van der Waals surface area contributed by atoms with Gasteiger partial charge in [-0.2, -0.15) is 0 Å². The number of rotatable bonds is 8. The molecule has 4 nitrogen and oxygen atoms in total. The Balaban J connectivity index is 1.60. The van der Waals surface area contributed by atoms with Crippen LogP contribution < -0.4 is 5.32 Å². The Morgan fingerprint density at radius 2 is 1.88 bits per heavy atom. The maximum atomic E-state index is 6.92. The summed E-state index contributed by atoms with van der Waals surface area (Å²) in [6.45, 7) is 12.7. The molecule has 2 heterocycles. The first-order chi connectivity index (χ1) is 15.5. The van der Waals surface area contributed by atoms with Crippen molar-refractivity contribution in [1.29, 1.82) is 0 Å². The van der Waals surface area contributed by atoms with Crippen molar-refractivity contribution in [2.75, 3.05) is 45.6 Å². The highest BCUT2D eigenvalue weighted by molar-refractivity contribution is 5.68. The first kappa shape index (κ1) is 23.0. The molecule has 4 atom stereocenters. The smallest absolute Gasteiger partial charge is 0.0900 e. The van der Waals surface area contributed by atoms with Crippen molar-refractivity contribution in [1.82, 2.24) is 9.80 Å². The highest BCUT2D eigenvalue weighted by Crippen LogP contribution is 2.50. The van der Waals surface area contributed by atoms with Gasteiger partial charge < -0.3 is 15.0 Å². The summed E-state index contributed by atoms with van der Waals surface area (Å²) in [7, 11) is 4.29. The molecule has 0 radical (unpaired) electrons. The normalized spacial score (nSPS) is 24.7. The molecule has 4 heteroatoms. The van der Waals surface area contributed by atoms with Gasteiger partial charge in [0.05, 0.1) is 18.2 Å². The summed E-state index contributed by atoms with van der Waals surface area (Å²) in [6.07, 6.45) is 2.67. The fourth-order valence-electron chi connectivity index (χ4n) is 5.15. The number of allylic oxidation sites excluding steroid dienone is 1. The van der Waals surface area contributed by atoms with E-state index in [4.69, 9.17) is 4.74 Å². The molecule has 1 fully saturated rings. The molecule has 172 valence electrons. The lowest BCUT2D eigenvalue weighted by Crippen LogP contribution is -2.44. The van der Waals surface area contributed by atoms with Gasteiger partial charge in [-0.1, -0.05) is 55.5 Å². The number of nitrogens with one attached hydrogen (secondary N) is 1. The molecular formula is C28H39N3O. The minimum Gasteiger partial charge on any atom is -0.378 e. The maximum Gasteiger partial charge on any atom is 0.0900 e. The van der Waals surface area contributed by atoms with E-state index in [1.54, 1.807) is 0 Å². The second kappa shape index (κ2) is 10.2. The van der Waals surface area contributed by atoms with E-state index in [0.717, 1.165) is 38.2 Å². The highest BCUT2D eigenvalue weighted by Gasteiger charge is 2.42. The van der Waals surface area contributed by atoms with Gasteiger partial charge in [0, 0.05) is 36.8 Å². The van der Waals surface area contributed by atoms with Gasteiger partial charge in [-0.15, -0.1) is 0 Å². The van der Waals surface area contributed by atoms with Crippen LogP contribution in [0, 0.1) is 5.92 Å². The molecular weight excluding hydrogens is 394 g/mol. The molecule has 32 heavy (non-hydrogen) atoms. The number of hydrogen-bond acceptors (Lipinski definition) is 4. The van der Waals surface area contributed by atoms with Crippen molar-refractivity contribution in [2.24, 2.45) is 5.92 Å². The van der Waals surface area contributed by atoms with Gasteiger partial charge in [0.25, 0.3) is 0 Å². The summed E-state index contributed by atoms with van der Waals surface area (Å²) in [5.74, 6) is 0.429. The largest absolute Gasteiger partial charge is 0.378 e. The number of benzene rings is 2. The van der Waals surface area contributed by atoms with E-state index in [-0.39, 0.29) is 18.2 Å². The van der Waals surface area contributed by atoms with E-state index in [1.165, 1.54) is 28.8 Å². The van der Waals surface area contributed by atoms with Crippen LogP contribution in [0.3, 0.4) is 0 Å². The Morgan fingerprint density at radius 3 is 2.56 bits per heavy atom. The van der Waals surface area contributed by atoms with Crippen LogP contribution in [0.25, 0.3) is 5.57 Å². The average Bonchev–Trinajstić information content (AvgIpc) is 2.81. The number of hydrogen-bond donors (Lipinski definition) is 1. The first-order valence-corrected chi connectivity index (χ1v) is 12.1. The maximum absolute atomic E-state index is 6.92. The SMILES string of the molecule is C=C(C)c1ccc2c(c1)[C@H]1OC(CN(CC)CCN(C)C)CC[C@H]1[C@H](c1ccccc1)N2. The molecule has 0 spiro atoms. The van der Waals surface area contributed by atoms with E-state index in [1.807, 2.05) is 0 Å². The number of likely N-dealkylation sites (N-methyl/N-ethyl adjacent to an activating group) is 2. The van der Waals surface area contributed by atoms with Crippen molar-refractivity contribution in [3.05, 3.63) is 71.8 Å². The van der Waals surface area contributed by atoms with Gasteiger partial charge in [0.1, 0.15) is 0 Å². The molecule has 1 unspecified atom stereocenters. The number of anilines is 1. The molecule has 2 aromatic carbocycles. The molecule has 0 amide bonds. The van der Waals surface area contributed by atoms with E-state index < -0.39 is 0 Å². The summed E-state index contributed by atoms with van der Waals surface area (Å²) >= 11 is 0. The number of nitrogens with zero attached hydrogens (tertiary/aromatic N) is 2. The third-order valence-electron chi connectivity index (χ3n) is 7.07. The topological polar surface area (TPSA) is 27.7 Å². The van der Waals surface area contributed by atoms with Gasteiger partial charge in [-0.3, -0.25) is 4.90 Å². The van der Waals surface area contributed by atoms with Crippen LogP contribution in [0.15, 0.2) is 55.1 Å². The summed E-state index contributed by atoms with van der Waals surface area (Å²) in [5, 5.41) is 3.85. The van der Waals surface area contributed by atoms with E-state index in [0.29, 0.717) is 5.92 Å². The van der Waals surface area contributed by atoms with Crippen molar-refractivity contribution < 1.29 is 4.74 Å². The van der Waals surface area contributed by atoms with Gasteiger partial charge in [-0.25, -0.2) is 0 Å². The minimum absolute atomic E-state index is 0.113. The second-order valence-electron chi connectivity index (χ2n) is 9.73. The first-order valence-electron chi connectivity index (χ1n) is 12.1. The van der Waals surface area contributed by atoms with Crippen molar-refractivity contribution in [3.8, 4) is 0 Å². The molecule has 0 saturated carbocycles. The molecule has 2 aliphatic heterocycles. The summed E-state index contributed by atoms with van der Waals surface area (Å²) in [6, 6.07) is 17.8. The third-order valence-corrected chi connectivity index (χ3v) is 7.07. The molecule has 0 aliphatic carbocycles. The lowest BCUT2D eigenvalue weighted by Gasteiger charge is -2.46. The third kappa shape index (κ3) is 5.09. The van der Waals surface area contributed by atoms with Gasteiger partial charge in [0.2, 0.25) is 0 Å². The van der Waals surface area contributed by atoms with E-state index in [9.17, 15) is 0 Å². The second-order valence-corrected chi connectivity index (χ2v) is 9.73. The predicted molar refractivity (Wildman–Crippen MR) is 135 cm³/mol. The predicted octanol–water partition coefficient (Wildman–Crippen LogP) is 5.61. The van der Waals surface area contributed by atoms with Crippen molar-refractivity contribution in [3.63, 3.8) is 0 Å². The quantitative estimate of drug-likeness (QED) is 0.586. The van der Waals surface area contributed by atoms with Crippen LogP contribution in [-0.2, 0) is 4.74 Å². The van der Waals surface area contributed by atoms with Gasteiger partial charge >= 0.3 is 0 Å². The Bertz CT molecular complexity index is 910.